The number of pyridine rings is 1. The second kappa shape index (κ2) is 11.3. The molecule has 12 heteroatoms. The Morgan fingerprint density at radius 2 is 1.88 bits per heavy atom. The standard InChI is InChI=1S/C29H26ClF4N3O4/c1-41-19-7-8-23(32)21(12-19)29(40)22-11-17(31)4-9-24(22)37(28(29)39)14-15-2-5-18(6-3-15)36-27(38)20-10-16(30)13-35-25(20)26(33)34/h4,7-13,15,18,26,40H,2-3,5-6,14H2,1H3,(H,36,38)/t15-,18-,29?. The molecule has 0 bridgehead atoms. The van der Waals surface area contributed by atoms with Crippen molar-refractivity contribution in [3.8, 4) is 5.75 Å². The maximum Gasteiger partial charge on any atom is 0.281 e. The first-order valence-electron chi connectivity index (χ1n) is 13.0. The van der Waals surface area contributed by atoms with Gasteiger partial charge in [-0.2, -0.15) is 0 Å². The number of carbonyl (C=O) groups excluding carboxylic acids is 2. The van der Waals surface area contributed by atoms with E-state index in [1.807, 2.05) is 0 Å². The number of rotatable bonds is 7. The number of hydrogen-bond donors (Lipinski definition) is 2. The number of halogens is 5. The molecule has 2 aromatic carbocycles. The average Bonchev–Trinajstić information content (AvgIpc) is 3.15. The number of amides is 2. The van der Waals surface area contributed by atoms with Crippen LogP contribution in [0.15, 0.2) is 48.7 Å². The summed E-state index contributed by atoms with van der Waals surface area (Å²) in [5.74, 6) is -2.90. The quantitative estimate of drug-likeness (QED) is 0.353. The van der Waals surface area contributed by atoms with Crippen molar-refractivity contribution in [2.24, 2.45) is 5.92 Å². The molecule has 7 nitrogen and oxygen atoms in total. The molecule has 216 valence electrons. The molecule has 1 atom stereocenters. The summed E-state index contributed by atoms with van der Waals surface area (Å²) in [7, 11) is 1.36. The van der Waals surface area contributed by atoms with Gasteiger partial charge in [0.05, 0.1) is 23.4 Å². The molecule has 0 radical (unpaired) electrons. The van der Waals surface area contributed by atoms with Gasteiger partial charge < -0.3 is 20.1 Å². The zero-order chi connectivity index (χ0) is 29.5. The summed E-state index contributed by atoms with van der Waals surface area (Å²) in [6.45, 7) is 0.166. The Morgan fingerprint density at radius 1 is 1.15 bits per heavy atom. The fourth-order valence-corrected chi connectivity index (χ4v) is 5.78. The summed E-state index contributed by atoms with van der Waals surface area (Å²) in [6, 6.07) is 8.05. The summed E-state index contributed by atoms with van der Waals surface area (Å²) < 4.78 is 61.1. The average molecular weight is 592 g/mol. The number of nitrogens with one attached hydrogen (secondary N) is 1. The first-order valence-corrected chi connectivity index (χ1v) is 13.3. The predicted octanol–water partition coefficient (Wildman–Crippen LogP) is 5.53. The lowest BCUT2D eigenvalue weighted by Gasteiger charge is -2.32. The van der Waals surface area contributed by atoms with Gasteiger partial charge in [-0.3, -0.25) is 14.6 Å². The first kappa shape index (κ1) is 28.8. The third-order valence-corrected chi connectivity index (χ3v) is 7.92. The Bertz CT molecular complexity index is 1500. The van der Waals surface area contributed by atoms with E-state index in [-0.39, 0.29) is 51.7 Å². The van der Waals surface area contributed by atoms with Crippen LogP contribution in [-0.4, -0.2) is 41.6 Å². The van der Waals surface area contributed by atoms with Crippen LogP contribution >= 0.6 is 11.6 Å². The molecule has 2 heterocycles. The molecule has 1 fully saturated rings. The summed E-state index contributed by atoms with van der Waals surface area (Å²) in [5, 5.41) is 14.5. The highest BCUT2D eigenvalue weighted by atomic mass is 35.5. The number of ether oxygens (including phenoxy) is 1. The molecular formula is C29H26ClF4N3O4. The van der Waals surface area contributed by atoms with E-state index < -0.39 is 41.2 Å². The predicted molar refractivity (Wildman–Crippen MR) is 142 cm³/mol. The van der Waals surface area contributed by atoms with Gasteiger partial charge in [0.1, 0.15) is 23.1 Å². The third-order valence-electron chi connectivity index (χ3n) is 7.72. The highest BCUT2D eigenvalue weighted by Crippen LogP contribution is 2.47. The van der Waals surface area contributed by atoms with Crippen LogP contribution in [0.2, 0.25) is 5.02 Å². The second-order valence-corrected chi connectivity index (χ2v) is 10.6. The van der Waals surface area contributed by atoms with E-state index in [0.29, 0.717) is 25.7 Å². The van der Waals surface area contributed by atoms with Crippen molar-refractivity contribution < 1.29 is 37.0 Å². The summed E-state index contributed by atoms with van der Waals surface area (Å²) in [4.78, 5) is 31.4. The summed E-state index contributed by atoms with van der Waals surface area (Å²) in [6.07, 6.45) is 0.241. The fourth-order valence-electron chi connectivity index (χ4n) is 5.62. The van der Waals surface area contributed by atoms with E-state index in [1.54, 1.807) is 0 Å². The minimum atomic E-state index is -2.94. The zero-order valence-electron chi connectivity index (χ0n) is 21.8. The smallest absolute Gasteiger partial charge is 0.281 e. The zero-order valence-corrected chi connectivity index (χ0v) is 22.6. The topological polar surface area (TPSA) is 91.8 Å². The molecule has 1 saturated carbocycles. The number of benzene rings is 2. The molecule has 1 aliphatic heterocycles. The lowest BCUT2D eigenvalue weighted by Crippen LogP contribution is -2.45. The van der Waals surface area contributed by atoms with Crippen molar-refractivity contribution in [1.82, 2.24) is 10.3 Å². The van der Waals surface area contributed by atoms with Gasteiger partial charge in [-0.25, -0.2) is 17.6 Å². The highest BCUT2D eigenvalue weighted by Gasteiger charge is 2.53. The van der Waals surface area contributed by atoms with Gasteiger partial charge in [0.15, 0.2) is 5.60 Å². The molecule has 1 aromatic heterocycles. The number of aromatic nitrogens is 1. The van der Waals surface area contributed by atoms with E-state index >= 15 is 0 Å². The number of fused-ring (bicyclic) bond motifs is 1. The second-order valence-electron chi connectivity index (χ2n) is 10.2. The Balaban J connectivity index is 1.31. The Labute approximate surface area is 238 Å². The summed E-state index contributed by atoms with van der Waals surface area (Å²) in [5.41, 5.74) is -3.55. The fraction of sp³-hybridized carbons (Fsp3) is 0.345. The van der Waals surface area contributed by atoms with E-state index in [1.165, 1.54) is 30.2 Å². The number of nitrogens with zero attached hydrogens (tertiary/aromatic N) is 2. The minimum absolute atomic E-state index is 0.0625. The van der Waals surface area contributed by atoms with Crippen molar-refractivity contribution in [2.45, 2.75) is 43.8 Å². The van der Waals surface area contributed by atoms with Crippen LogP contribution in [0.4, 0.5) is 23.2 Å². The highest BCUT2D eigenvalue weighted by molar-refractivity contribution is 6.30. The van der Waals surface area contributed by atoms with Crippen LogP contribution in [0.3, 0.4) is 0 Å². The number of alkyl halides is 2. The lowest BCUT2D eigenvalue weighted by molar-refractivity contribution is -0.132. The Morgan fingerprint density at radius 3 is 2.56 bits per heavy atom. The molecule has 2 N–H and O–H groups in total. The maximum atomic E-state index is 15.0. The number of carbonyl (C=O) groups is 2. The van der Waals surface area contributed by atoms with E-state index in [2.05, 4.69) is 10.3 Å². The molecule has 2 amide bonds. The molecule has 0 spiro atoms. The van der Waals surface area contributed by atoms with Gasteiger partial charge in [-0.05, 0) is 74.1 Å². The Hall–Kier alpha value is -3.70. The third kappa shape index (κ3) is 5.36. The Kier molecular flexibility index (Phi) is 7.93. The summed E-state index contributed by atoms with van der Waals surface area (Å²) >= 11 is 5.86. The van der Waals surface area contributed by atoms with Crippen molar-refractivity contribution >= 4 is 29.1 Å². The SMILES string of the molecule is COc1ccc(F)c(C2(O)C(=O)N(C[C@H]3CC[C@H](NC(=O)c4cc(Cl)cnc4C(F)F)CC3)c3ccc(F)cc32)c1. The molecule has 1 unspecified atom stereocenters. The number of hydrogen-bond acceptors (Lipinski definition) is 5. The van der Waals surface area contributed by atoms with Crippen LogP contribution in [0.1, 0.15) is 59.3 Å². The van der Waals surface area contributed by atoms with Crippen molar-refractivity contribution in [3.05, 3.63) is 87.7 Å². The van der Waals surface area contributed by atoms with Gasteiger partial charge >= 0.3 is 0 Å². The van der Waals surface area contributed by atoms with Gasteiger partial charge in [0, 0.05) is 29.9 Å². The van der Waals surface area contributed by atoms with Crippen LogP contribution < -0.4 is 15.0 Å². The number of methoxy groups -OCH3 is 1. The van der Waals surface area contributed by atoms with Gasteiger partial charge in [0.25, 0.3) is 18.2 Å². The molecule has 1 aliphatic carbocycles. The van der Waals surface area contributed by atoms with E-state index in [4.69, 9.17) is 16.3 Å². The molecule has 0 saturated heterocycles. The van der Waals surface area contributed by atoms with Crippen LogP contribution in [0, 0.1) is 17.6 Å². The lowest BCUT2D eigenvalue weighted by atomic mass is 9.85. The van der Waals surface area contributed by atoms with E-state index in [0.717, 1.165) is 30.5 Å². The van der Waals surface area contributed by atoms with Crippen molar-refractivity contribution in [3.63, 3.8) is 0 Å². The van der Waals surface area contributed by atoms with Crippen LogP contribution in [0.5, 0.6) is 5.75 Å². The first-order chi connectivity index (χ1) is 19.5. The molecule has 3 aromatic rings. The van der Waals surface area contributed by atoms with Crippen molar-refractivity contribution in [2.75, 3.05) is 18.6 Å². The maximum absolute atomic E-state index is 15.0. The van der Waals surface area contributed by atoms with Crippen molar-refractivity contribution in [1.29, 1.82) is 0 Å². The largest absolute Gasteiger partial charge is 0.497 e. The molecular weight excluding hydrogens is 566 g/mol. The number of aliphatic hydroxyl groups is 1. The molecule has 41 heavy (non-hydrogen) atoms. The monoisotopic (exact) mass is 591 g/mol. The minimum Gasteiger partial charge on any atom is -0.497 e. The van der Waals surface area contributed by atoms with Crippen LogP contribution in [-0.2, 0) is 10.4 Å². The number of anilines is 1. The van der Waals surface area contributed by atoms with Gasteiger partial charge in [0.2, 0.25) is 0 Å². The van der Waals surface area contributed by atoms with Gasteiger partial charge in [-0.15, -0.1) is 0 Å². The normalized spacial score (nSPS) is 22.1. The molecule has 2 aliphatic rings. The van der Waals surface area contributed by atoms with Gasteiger partial charge in [-0.1, -0.05) is 11.6 Å². The van der Waals surface area contributed by atoms with E-state index in [9.17, 15) is 32.3 Å². The molecule has 5 rings (SSSR count). The van der Waals surface area contributed by atoms with Crippen LogP contribution in [0.25, 0.3) is 0 Å².